The molecule has 0 aliphatic heterocycles. The number of aliphatic carboxylic acids is 1. The van der Waals surface area contributed by atoms with Gasteiger partial charge in [0.1, 0.15) is 5.75 Å². The molecule has 0 saturated heterocycles. The van der Waals surface area contributed by atoms with Gasteiger partial charge in [-0.15, -0.1) is 0 Å². The molecule has 0 amide bonds. The van der Waals surface area contributed by atoms with Crippen molar-refractivity contribution in [1.29, 1.82) is 0 Å². The number of hydrogen-bond acceptors (Lipinski definition) is 4. The molecule has 0 unspecified atom stereocenters. The highest BCUT2D eigenvalue weighted by Crippen LogP contribution is 2.25. The Balaban J connectivity index is 2.81. The molecular weight excluding hydrogens is 272 g/mol. The molecule has 0 spiro atoms. The van der Waals surface area contributed by atoms with E-state index < -0.39 is 16.2 Å². The predicted octanol–water partition coefficient (Wildman–Crippen LogP) is 0.764. The monoisotopic (exact) mass is 288 g/mol. The third kappa shape index (κ3) is 4.42. The van der Waals surface area contributed by atoms with E-state index in [-0.39, 0.29) is 24.4 Å². The van der Waals surface area contributed by atoms with Crippen LogP contribution in [0.25, 0.3) is 0 Å². The third-order valence-corrected chi connectivity index (χ3v) is 3.92. The van der Waals surface area contributed by atoms with Crippen LogP contribution in [0.15, 0.2) is 18.2 Å². The summed E-state index contributed by atoms with van der Waals surface area (Å²) >= 11 is 0. The zero-order valence-corrected chi connectivity index (χ0v) is 11.4. The largest absolute Gasteiger partial charge is 0.506 e. The molecule has 1 rings (SSSR count). The Morgan fingerprint density at radius 1 is 1.42 bits per heavy atom. The number of hydrogen-bond donors (Lipinski definition) is 3. The SMILES string of the molecule is Cc1ccc(NS(=O)(=O)N(C)CCC(=O)O)c(O)c1. The molecule has 7 nitrogen and oxygen atoms in total. The number of phenols is 1. The maximum Gasteiger partial charge on any atom is 0.304 e. The van der Waals surface area contributed by atoms with Crippen LogP contribution in [0.2, 0.25) is 0 Å². The van der Waals surface area contributed by atoms with Crippen molar-refractivity contribution in [2.75, 3.05) is 18.3 Å². The van der Waals surface area contributed by atoms with Gasteiger partial charge in [-0.3, -0.25) is 9.52 Å². The molecule has 19 heavy (non-hydrogen) atoms. The summed E-state index contributed by atoms with van der Waals surface area (Å²) in [7, 11) is -2.62. The molecule has 0 aliphatic rings. The zero-order valence-electron chi connectivity index (χ0n) is 10.6. The smallest absolute Gasteiger partial charge is 0.304 e. The number of phenolic OH excluding ortho intramolecular Hbond substituents is 1. The lowest BCUT2D eigenvalue weighted by Gasteiger charge is -2.18. The zero-order chi connectivity index (χ0) is 14.6. The van der Waals surface area contributed by atoms with Crippen LogP contribution in [0, 0.1) is 6.92 Å². The number of aryl methyl sites for hydroxylation is 1. The van der Waals surface area contributed by atoms with Crippen molar-refractivity contribution < 1.29 is 23.4 Å². The summed E-state index contributed by atoms with van der Waals surface area (Å²) in [6, 6.07) is 4.51. The maximum absolute atomic E-state index is 11.9. The minimum atomic E-state index is -3.88. The maximum atomic E-state index is 11.9. The fraction of sp³-hybridized carbons (Fsp3) is 0.364. The first-order chi connectivity index (χ1) is 8.72. The predicted molar refractivity (Wildman–Crippen MR) is 70.3 cm³/mol. The lowest BCUT2D eigenvalue weighted by molar-refractivity contribution is -0.137. The van der Waals surface area contributed by atoms with E-state index >= 15 is 0 Å². The van der Waals surface area contributed by atoms with Gasteiger partial charge in [0.15, 0.2) is 0 Å². The Morgan fingerprint density at radius 2 is 2.05 bits per heavy atom. The summed E-state index contributed by atoms with van der Waals surface area (Å²) < 4.78 is 26.8. The van der Waals surface area contributed by atoms with Crippen molar-refractivity contribution >= 4 is 21.9 Å². The lowest BCUT2D eigenvalue weighted by atomic mass is 10.2. The molecule has 0 saturated carbocycles. The molecule has 106 valence electrons. The Kier molecular flexibility index (Phi) is 4.73. The second-order valence-corrected chi connectivity index (χ2v) is 5.87. The standard InChI is InChI=1S/C11H16N2O5S/c1-8-3-4-9(10(14)7-8)12-19(17,18)13(2)6-5-11(15)16/h3-4,7,12,14H,5-6H2,1-2H3,(H,15,16). The topological polar surface area (TPSA) is 107 Å². The summed E-state index contributed by atoms with van der Waals surface area (Å²) in [5.74, 6) is -1.27. The minimum Gasteiger partial charge on any atom is -0.506 e. The van der Waals surface area contributed by atoms with Crippen LogP contribution in [-0.2, 0) is 15.0 Å². The van der Waals surface area contributed by atoms with Gasteiger partial charge < -0.3 is 10.2 Å². The normalized spacial score (nSPS) is 11.5. The molecule has 0 atom stereocenters. The summed E-state index contributed by atoms with van der Waals surface area (Å²) in [5, 5.41) is 18.1. The number of benzene rings is 1. The van der Waals surface area contributed by atoms with Crippen LogP contribution in [-0.4, -0.2) is 42.5 Å². The van der Waals surface area contributed by atoms with E-state index in [9.17, 15) is 18.3 Å². The van der Waals surface area contributed by atoms with Crippen LogP contribution in [0.3, 0.4) is 0 Å². The van der Waals surface area contributed by atoms with Gasteiger partial charge >= 0.3 is 16.2 Å². The molecule has 1 aromatic rings. The van der Waals surface area contributed by atoms with E-state index in [4.69, 9.17) is 5.11 Å². The van der Waals surface area contributed by atoms with Crippen LogP contribution in [0.1, 0.15) is 12.0 Å². The highest BCUT2D eigenvalue weighted by Gasteiger charge is 2.19. The third-order valence-electron chi connectivity index (χ3n) is 2.44. The van der Waals surface area contributed by atoms with Crippen molar-refractivity contribution in [3.05, 3.63) is 23.8 Å². The van der Waals surface area contributed by atoms with Crippen molar-refractivity contribution in [3.63, 3.8) is 0 Å². The molecule has 3 N–H and O–H groups in total. The quantitative estimate of drug-likeness (QED) is 0.670. The Labute approximate surface area is 111 Å². The number of rotatable bonds is 6. The molecule has 0 radical (unpaired) electrons. The molecule has 0 fully saturated rings. The molecule has 0 bridgehead atoms. The van der Waals surface area contributed by atoms with Gasteiger partial charge in [0.25, 0.3) is 0 Å². The number of anilines is 1. The van der Waals surface area contributed by atoms with Crippen LogP contribution >= 0.6 is 0 Å². The summed E-state index contributed by atoms with van der Waals surface area (Å²) in [5.41, 5.74) is 0.840. The number of carbonyl (C=O) groups is 1. The second-order valence-electron chi connectivity index (χ2n) is 4.09. The van der Waals surface area contributed by atoms with Gasteiger partial charge in [-0.05, 0) is 24.6 Å². The molecule has 0 heterocycles. The Morgan fingerprint density at radius 3 is 2.58 bits per heavy atom. The molecular formula is C11H16N2O5S. The minimum absolute atomic E-state index is 0.0489. The average molecular weight is 288 g/mol. The van der Waals surface area contributed by atoms with Crippen molar-refractivity contribution in [3.8, 4) is 5.75 Å². The number of nitrogens with one attached hydrogen (secondary N) is 1. The van der Waals surface area contributed by atoms with Gasteiger partial charge in [0, 0.05) is 13.6 Å². The first-order valence-corrected chi connectivity index (χ1v) is 6.92. The number of aromatic hydroxyl groups is 1. The second kappa shape index (κ2) is 5.89. The van der Waals surface area contributed by atoms with Gasteiger partial charge in [0.05, 0.1) is 12.1 Å². The summed E-state index contributed by atoms with van der Waals surface area (Å²) in [4.78, 5) is 10.4. The van der Waals surface area contributed by atoms with Gasteiger partial charge in [0.2, 0.25) is 0 Å². The number of carboxylic acids is 1. The molecule has 1 aromatic carbocycles. The molecule has 0 aliphatic carbocycles. The van der Waals surface area contributed by atoms with Crippen molar-refractivity contribution in [2.24, 2.45) is 0 Å². The summed E-state index contributed by atoms with van der Waals surface area (Å²) in [6.07, 6.45) is -0.294. The van der Waals surface area contributed by atoms with Crippen molar-refractivity contribution in [2.45, 2.75) is 13.3 Å². The Bertz CT molecular complexity index is 570. The highest BCUT2D eigenvalue weighted by molar-refractivity contribution is 7.90. The summed E-state index contributed by atoms with van der Waals surface area (Å²) in [6.45, 7) is 1.61. The van der Waals surface area contributed by atoms with E-state index in [0.29, 0.717) is 0 Å². The Hall–Kier alpha value is -1.80. The van der Waals surface area contributed by atoms with Crippen LogP contribution in [0.5, 0.6) is 5.75 Å². The number of nitrogens with zero attached hydrogens (tertiary/aromatic N) is 1. The lowest BCUT2D eigenvalue weighted by Crippen LogP contribution is -2.34. The van der Waals surface area contributed by atoms with E-state index in [1.165, 1.54) is 19.2 Å². The highest BCUT2D eigenvalue weighted by atomic mass is 32.2. The molecule has 8 heteroatoms. The first kappa shape index (κ1) is 15.3. The van der Waals surface area contributed by atoms with Crippen LogP contribution < -0.4 is 4.72 Å². The average Bonchev–Trinajstić information content (AvgIpc) is 2.29. The van der Waals surface area contributed by atoms with E-state index in [1.54, 1.807) is 13.0 Å². The van der Waals surface area contributed by atoms with E-state index in [0.717, 1.165) is 9.87 Å². The van der Waals surface area contributed by atoms with Crippen molar-refractivity contribution in [1.82, 2.24) is 4.31 Å². The first-order valence-electron chi connectivity index (χ1n) is 5.48. The number of carboxylic acid groups (broad SMARTS) is 1. The molecule has 0 aromatic heterocycles. The van der Waals surface area contributed by atoms with E-state index in [2.05, 4.69) is 4.72 Å². The van der Waals surface area contributed by atoms with Gasteiger partial charge in [-0.1, -0.05) is 6.07 Å². The fourth-order valence-electron chi connectivity index (χ4n) is 1.32. The van der Waals surface area contributed by atoms with Crippen LogP contribution in [0.4, 0.5) is 5.69 Å². The van der Waals surface area contributed by atoms with Gasteiger partial charge in [-0.2, -0.15) is 12.7 Å². The van der Waals surface area contributed by atoms with E-state index in [1.807, 2.05) is 0 Å². The fourth-order valence-corrected chi connectivity index (χ4v) is 2.26. The van der Waals surface area contributed by atoms with Gasteiger partial charge in [-0.25, -0.2) is 0 Å².